The first-order valence-corrected chi connectivity index (χ1v) is 20.5. The predicted molar refractivity (Wildman–Crippen MR) is 202 cm³/mol. The van der Waals surface area contributed by atoms with Gasteiger partial charge in [0.2, 0.25) is 5.91 Å². The number of fused-ring (bicyclic) bond motifs is 7. The monoisotopic (exact) mass is 711 g/mol. The number of nitrogens with one attached hydrogen (secondary N) is 1. The van der Waals surface area contributed by atoms with Crippen LogP contribution in [0.5, 0.6) is 0 Å². The summed E-state index contributed by atoms with van der Waals surface area (Å²) in [6, 6.07) is 6.45. The number of hydrogen-bond donors (Lipinski definition) is 1. The Morgan fingerprint density at radius 3 is 2.35 bits per heavy atom. The number of aromatic nitrogens is 2. The van der Waals surface area contributed by atoms with E-state index < -0.39 is 0 Å². The fraction of sp³-hybridized carbons (Fsp3) is 0.711. The molecule has 7 heteroatoms. The Bertz CT molecular complexity index is 1750. The number of ether oxygens (including phenoxy) is 1. The summed E-state index contributed by atoms with van der Waals surface area (Å²) in [6.07, 6.45) is 14.6. The van der Waals surface area contributed by atoms with Crippen LogP contribution in [0.1, 0.15) is 137 Å². The first-order valence-electron chi connectivity index (χ1n) is 20.5. The van der Waals surface area contributed by atoms with Crippen molar-refractivity contribution in [2.45, 2.75) is 138 Å². The second-order valence-corrected chi connectivity index (χ2v) is 19.6. The lowest BCUT2D eigenvalue weighted by Crippen LogP contribution is -2.67. The third kappa shape index (κ3) is 5.01. The van der Waals surface area contributed by atoms with Gasteiger partial charge in [0.1, 0.15) is 17.7 Å². The summed E-state index contributed by atoms with van der Waals surface area (Å²) in [6.45, 7) is 21.8. The van der Waals surface area contributed by atoms with Crippen molar-refractivity contribution in [2.75, 3.05) is 6.54 Å². The summed E-state index contributed by atoms with van der Waals surface area (Å²) in [5.74, 6) is 3.09. The lowest BCUT2D eigenvalue weighted by atomic mass is 9.32. The standard InChI is InChI=1S/C45H62FN3O3/c1-27(2)31-17-22-45(40(51)49-25-9-10-34(49)39-47-26-33(48-39)29-11-13-30(46)14-12-29)24-23-43(7)32(38(31)45)15-16-36-42(6)20-19-37(52-28(3)50)41(4,5)35(42)18-21-44(36,43)8/h11-14,26,31-32,34-38H,1,9-10,15-25H2,2-8H3,(H,47,48). The molecule has 5 saturated carbocycles. The first kappa shape index (κ1) is 36.0. The van der Waals surface area contributed by atoms with Crippen molar-refractivity contribution in [2.24, 2.45) is 56.7 Å². The lowest BCUT2D eigenvalue weighted by Gasteiger charge is -2.73. The Morgan fingerprint density at radius 2 is 1.63 bits per heavy atom. The zero-order valence-electron chi connectivity index (χ0n) is 32.8. The van der Waals surface area contributed by atoms with Gasteiger partial charge in [-0.25, -0.2) is 9.37 Å². The van der Waals surface area contributed by atoms with Gasteiger partial charge >= 0.3 is 5.97 Å². The van der Waals surface area contributed by atoms with Crippen LogP contribution in [0.15, 0.2) is 42.6 Å². The maximum Gasteiger partial charge on any atom is 0.302 e. The van der Waals surface area contributed by atoms with Crippen molar-refractivity contribution in [3.05, 3.63) is 54.3 Å². The molecule has 282 valence electrons. The number of rotatable bonds is 5. The van der Waals surface area contributed by atoms with Gasteiger partial charge in [0.05, 0.1) is 23.3 Å². The molecule has 0 bridgehead atoms. The van der Waals surface area contributed by atoms with Crippen molar-refractivity contribution in [1.29, 1.82) is 0 Å². The van der Waals surface area contributed by atoms with Crippen LogP contribution in [0, 0.1) is 62.5 Å². The van der Waals surface area contributed by atoms with Gasteiger partial charge in [-0.3, -0.25) is 9.59 Å². The van der Waals surface area contributed by atoms with E-state index >= 15 is 4.79 Å². The number of allylic oxidation sites excluding steroid dienone is 1. The zero-order valence-corrected chi connectivity index (χ0v) is 32.8. The normalized spacial score (nSPS) is 42.1. The van der Waals surface area contributed by atoms with Gasteiger partial charge in [-0.1, -0.05) is 46.8 Å². The molecule has 11 unspecified atom stereocenters. The topological polar surface area (TPSA) is 75.3 Å². The molecule has 6 nitrogen and oxygen atoms in total. The largest absolute Gasteiger partial charge is 0.462 e. The summed E-state index contributed by atoms with van der Waals surface area (Å²) in [4.78, 5) is 38.1. The van der Waals surface area contributed by atoms with Gasteiger partial charge in [-0.2, -0.15) is 0 Å². The molecular weight excluding hydrogens is 650 g/mol. The number of aromatic amines is 1. The van der Waals surface area contributed by atoms with E-state index in [-0.39, 0.29) is 51.0 Å². The quantitative estimate of drug-likeness (QED) is 0.247. The molecule has 6 aliphatic rings. The highest BCUT2D eigenvalue weighted by atomic mass is 19.1. The van der Waals surface area contributed by atoms with Gasteiger partial charge in [-0.05, 0) is 160 Å². The predicted octanol–water partition coefficient (Wildman–Crippen LogP) is 10.5. The van der Waals surface area contributed by atoms with E-state index in [0.29, 0.717) is 35.5 Å². The van der Waals surface area contributed by atoms with Gasteiger partial charge in [0, 0.05) is 18.9 Å². The second-order valence-electron chi connectivity index (χ2n) is 19.6. The second kappa shape index (κ2) is 12.3. The average Bonchev–Trinajstić information content (AvgIpc) is 3.85. The number of amides is 1. The van der Waals surface area contributed by atoms with E-state index in [0.717, 1.165) is 75.0 Å². The van der Waals surface area contributed by atoms with Crippen molar-refractivity contribution in [3.8, 4) is 11.3 Å². The Balaban J connectivity index is 1.10. The number of likely N-dealkylation sites (tertiary alicyclic amines) is 1. The van der Waals surface area contributed by atoms with E-state index in [4.69, 9.17) is 9.72 Å². The maximum absolute atomic E-state index is 15.4. The summed E-state index contributed by atoms with van der Waals surface area (Å²) < 4.78 is 19.6. The number of nitrogens with zero attached hydrogens (tertiary/aromatic N) is 2. The Morgan fingerprint density at radius 1 is 0.885 bits per heavy atom. The van der Waals surface area contributed by atoms with Crippen LogP contribution in [0.2, 0.25) is 0 Å². The first-order chi connectivity index (χ1) is 24.6. The summed E-state index contributed by atoms with van der Waals surface area (Å²) >= 11 is 0. The molecular formula is C45H62FN3O3. The van der Waals surface area contributed by atoms with E-state index in [1.54, 1.807) is 19.1 Å². The minimum atomic E-state index is -0.364. The minimum absolute atomic E-state index is 0.0134. The molecule has 5 aliphatic carbocycles. The highest BCUT2D eigenvalue weighted by Crippen LogP contribution is 2.78. The number of imidazole rings is 1. The van der Waals surface area contributed by atoms with Gasteiger partial charge in [0.15, 0.2) is 0 Å². The highest BCUT2D eigenvalue weighted by molar-refractivity contribution is 5.84. The molecule has 1 aromatic carbocycles. The molecule has 6 fully saturated rings. The smallest absolute Gasteiger partial charge is 0.302 e. The van der Waals surface area contributed by atoms with Gasteiger partial charge in [0.25, 0.3) is 0 Å². The number of esters is 1. The third-order valence-corrected chi connectivity index (χ3v) is 17.3. The van der Waals surface area contributed by atoms with Crippen LogP contribution in [0.4, 0.5) is 4.39 Å². The molecule has 2 heterocycles. The number of carbonyl (C=O) groups is 2. The van der Waals surface area contributed by atoms with E-state index in [2.05, 4.69) is 58.0 Å². The third-order valence-electron chi connectivity index (χ3n) is 17.3. The molecule has 2 aromatic rings. The zero-order chi connectivity index (χ0) is 37.0. The molecule has 1 N–H and O–H groups in total. The lowest BCUT2D eigenvalue weighted by molar-refractivity contribution is -0.249. The number of carbonyl (C=O) groups excluding carboxylic acids is 2. The molecule has 1 aromatic heterocycles. The molecule has 0 spiro atoms. The molecule has 1 aliphatic heterocycles. The molecule has 52 heavy (non-hydrogen) atoms. The summed E-state index contributed by atoms with van der Waals surface area (Å²) in [5.41, 5.74) is 3.12. The minimum Gasteiger partial charge on any atom is -0.462 e. The van der Waals surface area contributed by atoms with Gasteiger partial charge in [-0.15, -0.1) is 0 Å². The fourth-order valence-electron chi connectivity index (χ4n) is 14.8. The van der Waals surface area contributed by atoms with Crippen LogP contribution in [-0.2, 0) is 14.3 Å². The van der Waals surface area contributed by atoms with Crippen LogP contribution in [0.25, 0.3) is 11.3 Å². The number of benzene rings is 1. The average molecular weight is 712 g/mol. The fourth-order valence-corrected chi connectivity index (χ4v) is 14.8. The number of H-pyrrole nitrogens is 1. The SMILES string of the molecule is C=C(C)C1CCC2(C(=O)N3CCCC3c3ncc(-c4ccc(F)cc4)[nH]3)CCC3(C)C(CCC4C5(C)CCC(OC(C)=O)C(C)(C)C5CCC43C)C12. The molecule has 1 amide bonds. The Kier molecular flexibility index (Phi) is 8.51. The van der Waals surface area contributed by atoms with Crippen molar-refractivity contribution < 1.29 is 18.7 Å². The van der Waals surface area contributed by atoms with Crippen LogP contribution in [0.3, 0.4) is 0 Å². The maximum atomic E-state index is 15.4. The Labute approximate surface area is 311 Å². The van der Waals surface area contributed by atoms with Crippen LogP contribution < -0.4 is 0 Å². The molecule has 0 radical (unpaired) electrons. The van der Waals surface area contributed by atoms with E-state index in [1.165, 1.54) is 43.4 Å². The number of hydrogen-bond acceptors (Lipinski definition) is 4. The summed E-state index contributed by atoms with van der Waals surface area (Å²) in [5, 5.41) is 0. The van der Waals surface area contributed by atoms with Crippen molar-refractivity contribution >= 4 is 11.9 Å². The summed E-state index contributed by atoms with van der Waals surface area (Å²) in [7, 11) is 0. The molecule has 8 rings (SSSR count). The van der Waals surface area contributed by atoms with E-state index in [9.17, 15) is 9.18 Å². The Hall–Kier alpha value is -2.96. The molecule has 1 saturated heterocycles. The van der Waals surface area contributed by atoms with E-state index in [1.807, 2.05) is 6.20 Å². The van der Waals surface area contributed by atoms with Crippen LogP contribution in [-0.4, -0.2) is 39.4 Å². The van der Waals surface area contributed by atoms with Crippen molar-refractivity contribution in [1.82, 2.24) is 14.9 Å². The van der Waals surface area contributed by atoms with Crippen LogP contribution >= 0.6 is 0 Å². The number of halogens is 1. The molecule has 11 atom stereocenters. The van der Waals surface area contributed by atoms with Gasteiger partial charge < -0.3 is 14.6 Å². The van der Waals surface area contributed by atoms with Crippen molar-refractivity contribution in [3.63, 3.8) is 0 Å². The highest BCUT2D eigenvalue weighted by Gasteiger charge is 2.72.